The highest BCUT2D eigenvalue weighted by Crippen LogP contribution is 2.33. The number of para-hydroxylation sites is 2. The second-order valence-corrected chi connectivity index (χ2v) is 9.20. The number of hydrogen-bond donors (Lipinski definition) is 1. The van der Waals surface area contributed by atoms with Gasteiger partial charge in [0.15, 0.2) is 0 Å². The van der Waals surface area contributed by atoms with Crippen LogP contribution in [0, 0.1) is 0 Å². The maximum atomic E-state index is 12.4. The van der Waals surface area contributed by atoms with Crippen molar-refractivity contribution in [2.24, 2.45) is 0 Å². The fourth-order valence-corrected chi connectivity index (χ4v) is 5.42. The second-order valence-electron chi connectivity index (χ2n) is 4.83. The molecule has 116 valence electrons. The molecule has 0 unspecified atom stereocenters. The molecular weight excluding hydrogens is 388 g/mol. The van der Waals surface area contributed by atoms with Crippen molar-refractivity contribution in [1.82, 2.24) is 0 Å². The molecule has 2 heterocycles. The number of nitrogens with one attached hydrogen (secondary N) is 1. The van der Waals surface area contributed by atoms with Crippen LogP contribution in [0.4, 0.5) is 11.4 Å². The van der Waals surface area contributed by atoms with Gasteiger partial charge in [-0.15, -0.1) is 11.3 Å². The molecule has 1 aromatic carbocycles. The predicted octanol–water partition coefficient (Wildman–Crippen LogP) is 3.44. The molecule has 1 amide bonds. The molecule has 8 heteroatoms. The summed E-state index contributed by atoms with van der Waals surface area (Å²) in [5.41, 5.74) is 1.02. The molecule has 3 rings (SSSR count). The molecule has 1 saturated heterocycles. The first-order chi connectivity index (χ1) is 10.5. The Morgan fingerprint density at radius 2 is 1.95 bits per heavy atom. The number of nitrogens with zero attached hydrogens (tertiary/aromatic N) is 1. The van der Waals surface area contributed by atoms with Crippen LogP contribution in [-0.2, 0) is 14.8 Å². The summed E-state index contributed by atoms with van der Waals surface area (Å²) in [5.74, 6) is 0.0190. The number of amides is 1. The van der Waals surface area contributed by atoms with E-state index in [0.29, 0.717) is 24.3 Å². The Morgan fingerprint density at radius 3 is 2.59 bits per heavy atom. The van der Waals surface area contributed by atoms with E-state index in [-0.39, 0.29) is 10.1 Å². The molecule has 2 aromatic rings. The van der Waals surface area contributed by atoms with Crippen LogP contribution in [0.15, 0.2) is 44.4 Å². The molecule has 1 N–H and O–H groups in total. The number of anilines is 2. The first-order valence-electron chi connectivity index (χ1n) is 6.65. The van der Waals surface area contributed by atoms with Gasteiger partial charge in [-0.3, -0.25) is 9.52 Å². The lowest BCUT2D eigenvalue weighted by atomic mass is 10.2. The normalized spacial score (nSPS) is 15.3. The maximum absolute atomic E-state index is 12.4. The highest BCUT2D eigenvalue weighted by Gasteiger charge is 2.25. The number of sulfonamides is 1. The van der Waals surface area contributed by atoms with Crippen molar-refractivity contribution >= 4 is 54.6 Å². The molecule has 0 saturated carbocycles. The third-order valence-corrected chi connectivity index (χ3v) is 6.81. The third kappa shape index (κ3) is 3.04. The summed E-state index contributed by atoms with van der Waals surface area (Å²) in [6.07, 6.45) is 1.29. The van der Waals surface area contributed by atoms with Gasteiger partial charge in [0.25, 0.3) is 10.0 Å². The molecule has 1 aliphatic heterocycles. The van der Waals surface area contributed by atoms with Gasteiger partial charge in [0.05, 0.1) is 15.2 Å². The lowest BCUT2D eigenvalue weighted by Gasteiger charge is -2.20. The van der Waals surface area contributed by atoms with Crippen LogP contribution in [0.25, 0.3) is 0 Å². The van der Waals surface area contributed by atoms with Crippen molar-refractivity contribution in [1.29, 1.82) is 0 Å². The van der Waals surface area contributed by atoms with Gasteiger partial charge in [0.1, 0.15) is 4.21 Å². The van der Waals surface area contributed by atoms with Gasteiger partial charge in [-0.1, -0.05) is 12.1 Å². The van der Waals surface area contributed by atoms with E-state index < -0.39 is 10.0 Å². The number of hydrogen-bond acceptors (Lipinski definition) is 4. The minimum Gasteiger partial charge on any atom is -0.310 e. The minimum atomic E-state index is -3.66. The van der Waals surface area contributed by atoms with E-state index in [0.717, 1.165) is 21.5 Å². The topological polar surface area (TPSA) is 66.5 Å². The van der Waals surface area contributed by atoms with E-state index in [4.69, 9.17) is 0 Å². The SMILES string of the molecule is O=C1CCCN1c1ccccc1NS(=O)(=O)c1ccc(Br)s1. The lowest BCUT2D eigenvalue weighted by molar-refractivity contribution is -0.117. The average molecular weight is 401 g/mol. The molecule has 5 nitrogen and oxygen atoms in total. The van der Waals surface area contributed by atoms with Crippen molar-refractivity contribution in [3.05, 3.63) is 40.2 Å². The number of carbonyl (C=O) groups excluding carboxylic acids is 1. The highest BCUT2D eigenvalue weighted by molar-refractivity contribution is 9.11. The number of rotatable bonds is 4. The van der Waals surface area contributed by atoms with Crippen molar-refractivity contribution in [2.45, 2.75) is 17.1 Å². The van der Waals surface area contributed by atoms with Crippen LogP contribution in [0.3, 0.4) is 0 Å². The standard InChI is InChI=1S/C14H13BrN2O3S2/c15-12-7-8-14(21-12)22(19,20)16-10-4-1-2-5-11(10)17-9-3-6-13(17)18/h1-2,4-5,7-8,16H,3,6,9H2. The van der Waals surface area contributed by atoms with Gasteiger partial charge in [-0.25, -0.2) is 8.42 Å². The number of carbonyl (C=O) groups is 1. The fourth-order valence-electron chi connectivity index (χ4n) is 2.34. The van der Waals surface area contributed by atoms with Crippen LogP contribution >= 0.6 is 27.3 Å². The third-order valence-electron chi connectivity index (χ3n) is 3.33. The van der Waals surface area contributed by atoms with E-state index >= 15 is 0 Å². The zero-order valence-corrected chi connectivity index (χ0v) is 14.7. The van der Waals surface area contributed by atoms with Crippen molar-refractivity contribution in [2.75, 3.05) is 16.2 Å². The summed E-state index contributed by atoms with van der Waals surface area (Å²) in [6, 6.07) is 10.2. The molecule has 0 radical (unpaired) electrons. The number of thiophene rings is 1. The van der Waals surface area contributed by atoms with Crippen LogP contribution in [0.5, 0.6) is 0 Å². The first kappa shape index (κ1) is 15.5. The van der Waals surface area contributed by atoms with Crippen LogP contribution in [0.1, 0.15) is 12.8 Å². The highest BCUT2D eigenvalue weighted by atomic mass is 79.9. The number of benzene rings is 1. The van der Waals surface area contributed by atoms with E-state index in [1.165, 1.54) is 0 Å². The molecular formula is C14H13BrN2O3S2. The Labute approximate surface area is 141 Å². The van der Waals surface area contributed by atoms with Gasteiger partial charge in [-0.05, 0) is 46.6 Å². The van der Waals surface area contributed by atoms with E-state index in [9.17, 15) is 13.2 Å². The van der Waals surface area contributed by atoms with Gasteiger partial charge in [0.2, 0.25) is 5.91 Å². The summed E-state index contributed by atoms with van der Waals surface area (Å²) in [7, 11) is -3.66. The maximum Gasteiger partial charge on any atom is 0.271 e. The zero-order valence-electron chi connectivity index (χ0n) is 11.5. The smallest absolute Gasteiger partial charge is 0.271 e. The zero-order chi connectivity index (χ0) is 15.7. The number of halogens is 1. The fraction of sp³-hybridized carbons (Fsp3) is 0.214. The summed E-state index contributed by atoms with van der Waals surface area (Å²) in [6.45, 7) is 0.613. The van der Waals surface area contributed by atoms with E-state index in [2.05, 4.69) is 20.7 Å². The van der Waals surface area contributed by atoms with E-state index in [1.807, 2.05) is 0 Å². The largest absolute Gasteiger partial charge is 0.310 e. The molecule has 0 atom stereocenters. The monoisotopic (exact) mass is 400 g/mol. The van der Waals surface area contributed by atoms with Crippen molar-refractivity contribution in [3.8, 4) is 0 Å². The Kier molecular flexibility index (Phi) is 4.24. The van der Waals surface area contributed by atoms with E-state index in [1.54, 1.807) is 41.3 Å². The van der Waals surface area contributed by atoms with Gasteiger partial charge < -0.3 is 4.90 Å². The second kappa shape index (κ2) is 6.02. The molecule has 1 aromatic heterocycles. The first-order valence-corrected chi connectivity index (χ1v) is 9.74. The average Bonchev–Trinajstić information content (AvgIpc) is 3.08. The van der Waals surface area contributed by atoms with Gasteiger partial charge in [0, 0.05) is 13.0 Å². The summed E-state index contributed by atoms with van der Waals surface area (Å²) >= 11 is 4.40. The molecule has 0 aliphatic carbocycles. The molecule has 0 spiro atoms. The summed E-state index contributed by atoms with van der Waals surface area (Å²) < 4.78 is 28.4. The molecule has 22 heavy (non-hydrogen) atoms. The van der Waals surface area contributed by atoms with Gasteiger partial charge >= 0.3 is 0 Å². The van der Waals surface area contributed by atoms with Gasteiger partial charge in [-0.2, -0.15) is 0 Å². The minimum absolute atomic E-state index is 0.0190. The quantitative estimate of drug-likeness (QED) is 0.854. The molecule has 0 bridgehead atoms. The predicted molar refractivity (Wildman–Crippen MR) is 90.9 cm³/mol. The van der Waals surface area contributed by atoms with Crippen molar-refractivity contribution in [3.63, 3.8) is 0 Å². The van der Waals surface area contributed by atoms with Crippen LogP contribution in [-0.4, -0.2) is 20.9 Å². The van der Waals surface area contributed by atoms with Crippen LogP contribution < -0.4 is 9.62 Å². The van der Waals surface area contributed by atoms with Crippen LogP contribution in [0.2, 0.25) is 0 Å². The van der Waals surface area contributed by atoms with Crippen molar-refractivity contribution < 1.29 is 13.2 Å². The Hall–Kier alpha value is -1.38. The molecule has 1 fully saturated rings. The molecule has 1 aliphatic rings. The Balaban J connectivity index is 1.94. The summed E-state index contributed by atoms with van der Waals surface area (Å²) in [4.78, 5) is 13.5. The Morgan fingerprint density at radius 1 is 1.18 bits per heavy atom. The summed E-state index contributed by atoms with van der Waals surface area (Å²) in [5, 5.41) is 0. The lowest BCUT2D eigenvalue weighted by Crippen LogP contribution is -2.25. The Bertz CT molecular complexity index is 817.